The highest BCUT2D eigenvalue weighted by Crippen LogP contribution is 2.28. The Bertz CT molecular complexity index is 605. The Hall–Kier alpha value is -2.49. The highest BCUT2D eigenvalue weighted by molar-refractivity contribution is 6.00. The van der Waals surface area contributed by atoms with Crippen LogP contribution in [0.1, 0.15) is 15.9 Å². The molecule has 0 aliphatic heterocycles. The summed E-state index contributed by atoms with van der Waals surface area (Å²) in [5, 5.41) is 0. The first-order valence-electron chi connectivity index (χ1n) is 5.99. The zero-order chi connectivity index (χ0) is 14.0. The number of hydrogen-bond acceptors (Lipinski definition) is 3. The summed E-state index contributed by atoms with van der Waals surface area (Å²) in [5.41, 5.74) is 15.0. The number of aryl methyl sites for hydroxylation is 1. The number of rotatable bonds is 3. The molecule has 98 valence electrons. The Labute approximate surface area is 112 Å². The van der Waals surface area contributed by atoms with Crippen molar-refractivity contribution >= 4 is 23.0 Å². The standard InChI is InChI=1S/C15H17N3O/c1-10-3-6-12(7-4-10)18(2)14-8-5-11(16)9-13(14)15(17)19/h3-9H,16H2,1-2H3,(H2,17,19). The fourth-order valence-corrected chi connectivity index (χ4v) is 1.95. The predicted octanol–water partition coefficient (Wildman–Crippen LogP) is 2.44. The number of carbonyl (C=O) groups is 1. The molecule has 0 aliphatic rings. The van der Waals surface area contributed by atoms with E-state index in [-0.39, 0.29) is 0 Å². The molecule has 2 aromatic carbocycles. The van der Waals surface area contributed by atoms with Crippen LogP contribution >= 0.6 is 0 Å². The third-order valence-electron chi connectivity index (χ3n) is 3.07. The first-order valence-corrected chi connectivity index (χ1v) is 5.99. The van der Waals surface area contributed by atoms with Crippen molar-refractivity contribution in [1.82, 2.24) is 0 Å². The van der Waals surface area contributed by atoms with Crippen molar-refractivity contribution in [3.63, 3.8) is 0 Å². The third-order valence-corrected chi connectivity index (χ3v) is 3.07. The minimum atomic E-state index is -0.485. The minimum absolute atomic E-state index is 0.420. The molecule has 0 spiro atoms. The largest absolute Gasteiger partial charge is 0.399 e. The monoisotopic (exact) mass is 255 g/mol. The normalized spacial score (nSPS) is 10.2. The summed E-state index contributed by atoms with van der Waals surface area (Å²) in [6, 6.07) is 13.2. The molecule has 4 nitrogen and oxygen atoms in total. The molecule has 0 heterocycles. The van der Waals surface area contributed by atoms with E-state index < -0.39 is 5.91 Å². The lowest BCUT2D eigenvalue weighted by Gasteiger charge is -2.22. The molecule has 4 N–H and O–H groups in total. The number of nitrogens with zero attached hydrogens (tertiary/aromatic N) is 1. The first-order chi connectivity index (χ1) is 8.99. The molecular formula is C15H17N3O. The van der Waals surface area contributed by atoms with Gasteiger partial charge in [0.2, 0.25) is 0 Å². The number of nitrogen functional groups attached to an aromatic ring is 1. The van der Waals surface area contributed by atoms with Gasteiger partial charge < -0.3 is 16.4 Å². The van der Waals surface area contributed by atoms with Gasteiger partial charge in [-0.3, -0.25) is 4.79 Å². The minimum Gasteiger partial charge on any atom is -0.399 e. The van der Waals surface area contributed by atoms with Crippen molar-refractivity contribution in [3.8, 4) is 0 Å². The van der Waals surface area contributed by atoms with Gasteiger partial charge >= 0.3 is 0 Å². The van der Waals surface area contributed by atoms with Crippen molar-refractivity contribution < 1.29 is 4.79 Å². The second-order valence-corrected chi connectivity index (χ2v) is 4.54. The van der Waals surface area contributed by atoms with E-state index in [2.05, 4.69) is 0 Å². The van der Waals surface area contributed by atoms with Gasteiger partial charge in [0.1, 0.15) is 0 Å². The van der Waals surface area contributed by atoms with Crippen LogP contribution in [-0.2, 0) is 0 Å². The molecule has 0 fully saturated rings. The highest BCUT2D eigenvalue weighted by atomic mass is 16.1. The van der Waals surface area contributed by atoms with Gasteiger partial charge in [-0.25, -0.2) is 0 Å². The summed E-state index contributed by atoms with van der Waals surface area (Å²) in [4.78, 5) is 13.4. The van der Waals surface area contributed by atoms with Crippen molar-refractivity contribution in [1.29, 1.82) is 0 Å². The van der Waals surface area contributed by atoms with Gasteiger partial charge in [-0.05, 0) is 37.3 Å². The fourth-order valence-electron chi connectivity index (χ4n) is 1.95. The van der Waals surface area contributed by atoms with Gasteiger partial charge in [0.15, 0.2) is 0 Å². The Balaban J connectivity index is 2.46. The maximum atomic E-state index is 11.5. The number of nitrogens with two attached hydrogens (primary N) is 2. The molecule has 0 radical (unpaired) electrons. The average molecular weight is 255 g/mol. The first kappa shape index (κ1) is 13.0. The maximum Gasteiger partial charge on any atom is 0.250 e. The second-order valence-electron chi connectivity index (χ2n) is 4.54. The van der Waals surface area contributed by atoms with E-state index in [0.29, 0.717) is 11.3 Å². The van der Waals surface area contributed by atoms with Crippen LogP contribution in [0.4, 0.5) is 17.1 Å². The van der Waals surface area contributed by atoms with Crippen molar-refractivity contribution in [2.75, 3.05) is 17.7 Å². The van der Waals surface area contributed by atoms with Crippen LogP contribution in [-0.4, -0.2) is 13.0 Å². The van der Waals surface area contributed by atoms with Gasteiger partial charge in [0.25, 0.3) is 5.91 Å². The van der Waals surface area contributed by atoms with Crippen LogP contribution in [0.25, 0.3) is 0 Å². The average Bonchev–Trinajstić information content (AvgIpc) is 2.38. The molecule has 0 aliphatic carbocycles. The Morgan fingerprint density at radius 2 is 1.74 bits per heavy atom. The molecule has 0 saturated carbocycles. The summed E-state index contributed by atoms with van der Waals surface area (Å²) in [6.45, 7) is 2.03. The summed E-state index contributed by atoms with van der Waals surface area (Å²) in [5.74, 6) is -0.485. The Morgan fingerprint density at radius 3 is 2.32 bits per heavy atom. The Morgan fingerprint density at radius 1 is 1.11 bits per heavy atom. The van der Waals surface area contributed by atoms with E-state index in [4.69, 9.17) is 11.5 Å². The molecule has 4 heteroatoms. The third kappa shape index (κ3) is 2.68. The van der Waals surface area contributed by atoms with E-state index in [1.165, 1.54) is 5.56 Å². The number of primary amides is 1. The second kappa shape index (κ2) is 5.02. The fraction of sp³-hybridized carbons (Fsp3) is 0.133. The molecule has 0 atom stereocenters. The quantitative estimate of drug-likeness (QED) is 0.827. The zero-order valence-electron chi connectivity index (χ0n) is 11.1. The molecule has 0 aromatic heterocycles. The van der Waals surface area contributed by atoms with E-state index >= 15 is 0 Å². The van der Waals surface area contributed by atoms with Crippen LogP contribution < -0.4 is 16.4 Å². The summed E-state index contributed by atoms with van der Waals surface area (Å²) >= 11 is 0. The lowest BCUT2D eigenvalue weighted by molar-refractivity contribution is 0.100. The van der Waals surface area contributed by atoms with E-state index in [1.807, 2.05) is 43.1 Å². The van der Waals surface area contributed by atoms with Crippen molar-refractivity contribution in [3.05, 3.63) is 53.6 Å². The Kier molecular flexibility index (Phi) is 3.42. The molecule has 0 saturated heterocycles. The number of carbonyl (C=O) groups excluding carboxylic acids is 1. The van der Waals surface area contributed by atoms with Gasteiger partial charge in [-0.2, -0.15) is 0 Å². The maximum absolute atomic E-state index is 11.5. The summed E-state index contributed by atoms with van der Waals surface area (Å²) in [7, 11) is 1.89. The van der Waals surface area contributed by atoms with Gasteiger partial charge in [-0.1, -0.05) is 17.7 Å². The molecule has 1 amide bonds. The van der Waals surface area contributed by atoms with Crippen LogP contribution in [0.3, 0.4) is 0 Å². The lowest BCUT2D eigenvalue weighted by Crippen LogP contribution is -2.18. The summed E-state index contributed by atoms with van der Waals surface area (Å²) in [6.07, 6.45) is 0. The number of benzene rings is 2. The summed E-state index contributed by atoms with van der Waals surface area (Å²) < 4.78 is 0. The topological polar surface area (TPSA) is 72.3 Å². The molecule has 0 unspecified atom stereocenters. The van der Waals surface area contributed by atoms with Gasteiger partial charge in [0, 0.05) is 18.4 Å². The lowest BCUT2D eigenvalue weighted by atomic mass is 10.1. The van der Waals surface area contributed by atoms with Crippen LogP contribution in [0.5, 0.6) is 0 Å². The van der Waals surface area contributed by atoms with Crippen LogP contribution in [0.2, 0.25) is 0 Å². The van der Waals surface area contributed by atoms with E-state index in [9.17, 15) is 4.79 Å². The number of hydrogen-bond donors (Lipinski definition) is 2. The SMILES string of the molecule is Cc1ccc(N(C)c2ccc(N)cc2C(N)=O)cc1. The highest BCUT2D eigenvalue weighted by Gasteiger charge is 2.13. The molecular weight excluding hydrogens is 238 g/mol. The van der Waals surface area contributed by atoms with Crippen LogP contribution in [0.15, 0.2) is 42.5 Å². The number of amides is 1. The van der Waals surface area contributed by atoms with Crippen molar-refractivity contribution in [2.24, 2.45) is 5.73 Å². The zero-order valence-corrected chi connectivity index (χ0v) is 11.1. The van der Waals surface area contributed by atoms with Crippen LogP contribution in [0, 0.1) is 6.92 Å². The molecule has 0 bridgehead atoms. The smallest absolute Gasteiger partial charge is 0.250 e. The molecule has 2 rings (SSSR count). The molecule has 2 aromatic rings. The van der Waals surface area contributed by atoms with E-state index in [1.54, 1.807) is 18.2 Å². The van der Waals surface area contributed by atoms with E-state index in [0.717, 1.165) is 11.4 Å². The number of anilines is 3. The molecule has 19 heavy (non-hydrogen) atoms. The van der Waals surface area contributed by atoms with Crippen molar-refractivity contribution in [2.45, 2.75) is 6.92 Å². The van der Waals surface area contributed by atoms with Gasteiger partial charge in [-0.15, -0.1) is 0 Å². The van der Waals surface area contributed by atoms with Gasteiger partial charge in [0.05, 0.1) is 11.3 Å². The predicted molar refractivity (Wildman–Crippen MR) is 78.6 cm³/mol.